The maximum absolute atomic E-state index is 8.76. The summed E-state index contributed by atoms with van der Waals surface area (Å²) in [6, 6.07) is 7.09. The minimum atomic E-state index is 0. The average molecular weight is 116 g/mol. The summed E-state index contributed by atoms with van der Waals surface area (Å²) in [5.41, 5.74) is 1.17. The van der Waals surface area contributed by atoms with Crippen LogP contribution in [0.25, 0.3) is 0 Å². The van der Waals surface area contributed by atoms with Crippen LogP contribution in [0.5, 0.6) is 5.75 Å². The molecule has 1 aromatic rings. The number of aromatic hydroxyl groups is 1. The van der Waals surface area contributed by atoms with Gasteiger partial charge < -0.3 is 6.53 Å². The maximum atomic E-state index is 8.76. The molecule has 2 heteroatoms. The Morgan fingerprint density at radius 2 is 1.67 bits per heavy atom. The normalized spacial score (nSPS) is 8.11. The van der Waals surface area contributed by atoms with Gasteiger partial charge in [-0.3, -0.25) is 0 Å². The van der Waals surface area contributed by atoms with Crippen molar-refractivity contribution in [2.75, 3.05) is 0 Å². The van der Waals surface area contributed by atoms with E-state index in [1.165, 1.54) is 5.56 Å². The second-order valence-corrected chi connectivity index (χ2v) is 1.84. The monoisotopic (exact) mass is 116 g/mol. The van der Waals surface area contributed by atoms with Gasteiger partial charge in [-0.15, -0.1) is 0 Å². The second kappa shape index (κ2) is 3.61. The average Bonchev–Trinajstić information content (AvgIpc) is 1.77. The molecule has 1 nitrogen and oxygen atoms in total. The van der Waals surface area contributed by atoms with E-state index in [1.807, 2.05) is 19.1 Å². The van der Waals surface area contributed by atoms with E-state index in [0.717, 1.165) is 0 Å². The standard InChI is InChI=1S/C7H8O.Li.H/c1-6-2-4-7(8)5-3-6;;/h2-5,8H,1H3;;/q;+1;-1. The van der Waals surface area contributed by atoms with Gasteiger partial charge >= 0.3 is 18.9 Å². The van der Waals surface area contributed by atoms with Gasteiger partial charge in [-0.2, -0.15) is 0 Å². The quantitative estimate of drug-likeness (QED) is 0.423. The number of benzene rings is 1. The van der Waals surface area contributed by atoms with Crippen LogP contribution in [0.3, 0.4) is 0 Å². The minimum Gasteiger partial charge on any atom is -1.00 e. The van der Waals surface area contributed by atoms with E-state index < -0.39 is 0 Å². The number of aryl methyl sites for hydroxylation is 1. The Balaban J connectivity index is 0. The number of phenolic OH excluding ortho intramolecular Hbond substituents is 1. The zero-order valence-corrected chi connectivity index (χ0v) is 5.76. The van der Waals surface area contributed by atoms with Crippen LogP contribution in [0.2, 0.25) is 0 Å². The molecule has 1 N–H and O–H groups in total. The zero-order valence-electron chi connectivity index (χ0n) is 6.76. The van der Waals surface area contributed by atoms with Gasteiger partial charge in [-0.1, -0.05) is 17.7 Å². The summed E-state index contributed by atoms with van der Waals surface area (Å²) >= 11 is 0. The third-order valence-corrected chi connectivity index (χ3v) is 1.03. The molecule has 0 amide bonds. The van der Waals surface area contributed by atoms with Gasteiger partial charge in [0.2, 0.25) is 0 Å². The van der Waals surface area contributed by atoms with E-state index in [4.69, 9.17) is 5.11 Å². The van der Waals surface area contributed by atoms with Gasteiger partial charge in [0.25, 0.3) is 0 Å². The van der Waals surface area contributed by atoms with Crippen molar-refractivity contribution in [3.05, 3.63) is 29.8 Å². The molecule has 9 heavy (non-hydrogen) atoms. The van der Waals surface area contributed by atoms with Crippen molar-refractivity contribution in [2.24, 2.45) is 0 Å². The molecule has 44 valence electrons. The summed E-state index contributed by atoms with van der Waals surface area (Å²) in [4.78, 5) is 0. The Morgan fingerprint density at radius 3 is 2.00 bits per heavy atom. The fourth-order valence-electron chi connectivity index (χ4n) is 0.545. The molecule has 0 spiro atoms. The maximum Gasteiger partial charge on any atom is 1.00 e. The minimum absolute atomic E-state index is 0. The van der Waals surface area contributed by atoms with E-state index in [0.29, 0.717) is 5.75 Å². The van der Waals surface area contributed by atoms with E-state index in [9.17, 15) is 0 Å². The van der Waals surface area contributed by atoms with Crippen molar-refractivity contribution in [1.82, 2.24) is 0 Å². The topological polar surface area (TPSA) is 20.2 Å². The van der Waals surface area contributed by atoms with Gasteiger partial charge in [-0.25, -0.2) is 0 Å². The Hall–Kier alpha value is -0.383. The molecular formula is C7H9LiO. The smallest absolute Gasteiger partial charge is 1.00 e. The molecule has 0 aliphatic rings. The van der Waals surface area contributed by atoms with Crippen LogP contribution in [-0.4, -0.2) is 5.11 Å². The summed E-state index contributed by atoms with van der Waals surface area (Å²) in [5.74, 6) is 0.329. The first-order valence-electron chi connectivity index (χ1n) is 2.54. The van der Waals surface area contributed by atoms with Crippen LogP contribution < -0.4 is 18.9 Å². The number of hydrogen-bond donors (Lipinski definition) is 1. The van der Waals surface area contributed by atoms with Crippen LogP contribution in [0.4, 0.5) is 0 Å². The van der Waals surface area contributed by atoms with Gasteiger partial charge in [0.1, 0.15) is 5.75 Å². The van der Waals surface area contributed by atoms with Gasteiger partial charge in [0, 0.05) is 0 Å². The van der Waals surface area contributed by atoms with Crippen LogP contribution in [0.15, 0.2) is 24.3 Å². The molecule has 0 aromatic heterocycles. The Morgan fingerprint density at radius 1 is 1.22 bits per heavy atom. The summed E-state index contributed by atoms with van der Waals surface area (Å²) in [7, 11) is 0. The van der Waals surface area contributed by atoms with E-state index in [-0.39, 0.29) is 20.3 Å². The first-order valence-corrected chi connectivity index (χ1v) is 2.54. The first-order chi connectivity index (χ1) is 3.79. The third kappa shape index (κ3) is 2.60. The Bertz CT molecular complexity index is 152. The summed E-state index contributed by atoms with van der Waals surface area (Å²) in [6.45, 7) is 1.99. The van der Waals surface area contributed by atoms with E-state index in [1.54, 1.807) is 12.1 Å². The molecule has 0 radical (unpaired) electrons. The van der Waals surface area contributed by atoms with Gasteiger partial charge in [0.15, 0.2) is 0 Å². The van der Waals surface area contributed by atoms with Crippen molar-refractivity contribution >= 4 is 0 Å². The molecule has 1 rings (SSSR count). The predicted octanol–water partition coefficient (Wildman–Crippen LogP) is -1.18. The molecule has 0 heterocycles. The van der Waals surface area contributed by atoms with Crippen molar-refractivity contribution in [2.45, 2.75) is 6.92 Å². The van der Waals surface area contributed by atoms with Crippen molar-refractivity contribution in [3.63, 3.8) is 0 Å². The van der Waals surface area contributed by atoms with E-state index in [2.05, 4.69) is 0 Å². The third-order valence-electron chi connectivity index (χ3n) is 1.03. The molecule has 0 aliphatic carbocycles. The number of phenols is 1. The molecule has 0 saturated carbocycles. The SMILES string of the molecule is Cc1ccc(O)cc1.[H-].[Li+]. The van der Waals surface area contributed by atoms with Crippen LogP contribution in [-0.2, 0) is 0 Å². The number of hydrogen-bond acceptors (Lipinski definition) is 1. The zero-order chi connectivity index (χ0) is 5.98. The Kier molecular flexibility index (Phi) is 3.45. The molecular weight excluding hydrogens is 107 g/mol. The van der Waals surface area contributed by atoms with Crippen LogP contribution >= 0.6 is 0 Å². The van der Waals surface area contributed by atoms with Crippen LogP contribution in [0, 0.1) is 6.92 Å². The summed E-state index contributed by atoms with van der Waals surface area (Å²) in [5, 5.41) is 8.76. The molecule has 0 unspecified atom stereocenters. The predicted molar refractivity (Wildman–Crippen MR) is 34.0 cm³/mol. The van der Waals surface area contributed by atoms with Crippen molar-refractivity contribution < 1.29 is 25.4 Å². The molecule has 0 aliphatic heterocycles. The van der Waals surface area contributed by atoms with Crippen LogP contribution in [0.1, 0.15) is 6.99 Å². The van der Waals surface area contributed by atoms with Crippen molar-refractivity contribution in [1.29, 1.82) is 0 Å². The Labute approximate surface area is 68.4 Å². The van der Waals surface area contributed by atoms with Gasteiger partial charge in [-0.05, 0) is 19.1 Å². The fourth-order valence-corrected chi connectivity index (χ4v) is 0.545. The second-order valence-electron chi connectivity index (χ2n) is 1.84. The summed E-state index contributed by atoms with van der Waals surface area (Å²) < 4.78 is 0. The molecule has 0 atom stereocenters. The molecule has 0 saturated heterocycles. The van der Waals surface area contributed by atoms with Crippen molar-refractivity contribution in [3.8, 4) is 5.75 Å². The number of rotatable bonds is 0. The first kappa shape index (κ1) is 8.62. The fraction of sp³-hybridized carbons (Fsp3) is 0.143. The van der Waals surface area contributed by atoms with E-state index >= 15 is 0 Å². The molecule has 0 bridgehead atoms. The van der Waals surface area contributed by atoms with Gasteiger partial charge in [0.05, 0.1) is 0 Å². The summed E-state index contributed by atoms with van der Waals surface area (Å²) in [6.07, 6.45) is 0. The molecule has 1 aromatic carbocycles. The largest absolute Gasteiger partial charge is 1.00 e. The molecule has 0 fully saturated rings.